The predicted octanol–water partition coefficient (Wildman–Crippen LogP) is 1.82. The van der Waals surface area contributed by atoms with E-state index in [2.05, 4.69) is 37.4 Å². The number of hydrogen-bond donors (Lipinski definition) is 2. The number of nitrogens with two attached hydrogens (primary N) is 1. The third kappa shape index (κ3) is 2.75. The zero-order valence-electron chi connectivity index (χ0n) is 15.0. The Balaban J connectivity index is 1.57. The molecule has 0 saturated carbocycles. The van der Waals surface area contributed by atoms with Gasteiger partial charge < -0.3 is 10.7 Å². The summed E-state index contributed by atoms with van der Waals surface area (Å²) in [6, 6.07) is 11.8. The van der Waals surface area contributed by atoms with Crippen molar-refractivity contribution in [2.45, 2.75) is 19.4 Å². The van der Waals surface area contributed by atoms with Crippen molar-refractivity contribution in [1.82, 2.24) is 29.9 Å². The molecule has 0 spiro atoms. The second-order valence-corrected chi connectivity index (χ2v) is 6.74. The van der Waals surface area contributed by atoms with E-state index in [0.717, 1.165) is 29.7 Å². The van der Waals surface area contributed by atoms with Crippen molar-refractivity contribution >= 4 is 5.95 Å². The normalized spacial score (nSPS) is 12.4. The average molecular weight is 371 g/mol. The lowest BCUT2D eigenvalue weighted by Crippen LogP contribution is -2.14. The van der Waals surface area contributed by atoms with Gasteiger partial charge >= 0.3 is 0 Å². The standard InChI is InChI=1S/C20H17N7O/c21-20-23-17-14-6-2-1-4-12(14)7-8-15(17)18(24-20)16-11-27(26-25-16)10-13-5-3-9-22-19(13)28/h1-6,9,11H,7-8,10H2,(H,22,28)(H2,21,23,24). The van der Waals surface area contributed by atoms with Gasteiger partial charge in [-0.2, -0.15) is 0 Å². The van der Waals surface area contributed by atoms with Gasteiger partial charge in [0.05, 0.1) is 18.4 Å². The van der Waals surface area contributed by atoms with Gasteiger partial charge in [0.15, 0.2) is 0 Å². The number of fused-ring (bicyclic) bond motifs is 3. The summed E-state index contributed by atoms with van der Waals surface area (Å²) in [4.78, 5) is 23.5. The number of nitrogens with zero attached hydrogens (tertiary/aromatic N) is 5. The minimum absolute atomic E-state index is 0.139. The molecule has 1 aliphatic carbocycles. The summed E-state index contributed by atoms with van der Waals surface area (Å²) in [5.41, 5.74) is 12.0. The lowest BCUT2D eigenvalue weighted by atomic mass is 9.88. The number of anilines is 1. The molecule has 0 aliphatic heterocycles. The Morgan fingerprint density at radius 2 is 1.93 bits per heavy atom. The summed E-state index contributed by atoms with van der Waals surface area (Å²) in [6.45, 7) is 0.328. The summed E-state index contributed by atoms with van der Waals surface area (Å²) >= 11 is 0. The summed E-state index contributed by atoms with van der Waals surface area (Å²) in [5.74, 6) is 0.208. The monoisotopic (exact) mass is 371 g/mol. The first-order chi connectivity index (χ1) is 13.7. The molecule has 5 rings (SSSR count). The predicted molar refractivity (Wildman–Crippen MR) is 104 cm³/mol. The van der Waals surface area contributed by atoms with Crippen LogP contribution < -0.4 is 11.3 Å². The zero-order valence-corrected chi connectivity index (χ0v) is 15.0. The van der Waals surface area contributed by atoms with E-state index in [1.54, 1.807) is 29.2 Å². The fourth-order valence-corrected chi connectivity index (χ4v) is 3.64. The van der Waals surface area contributed by atoms with E-state index in [0.29, 0.717) is 23.5 Å². The van der Waals surface area contributed by atoms with Gasteiger partial charge in [0.1, 0.15) is 11.4 Å². The van der Waals surface area contributed by atoms with Crippen molar-refractivity contribution in [3.63, 3.8) is 0 Å². The zero-order chi connectivity index (χ0) is 19.1. The quantitative estimate of drug-likeness (QED) is 0.568. The van der Waals surface area contributed by atoms with Crippen molar-refractivity contribution in [2.24, 2.45) is 0 Å². The Hall–Kier alpha value is -3.81. The van der Waals surface area contributed by atoms with Crippen molar-refractivity contribution in [3.05, 3.63) is 75.8 Å². The first-order valence-corrected chi connectivity index (χ1v) is 9.01. The van der Waals surface area contributed by atoms with E-state index in [9.17, 15) is 4.79 Å². The van der Waals surface area contributed by atoms with Gasteiger partial charge in [-0.3, -0.25) is 4.79 Å². The van der Waals surface area contributed by atoms with Gasteiger partial charge in [-0.05, 0) is 24.5 Å². The number of rotatable bonds is 3. The molecule has 3 N–H and O–H groups in total. The van der Waals surface area contributed by atoms with Crippen LogP contribution in [0.3, 0.4) is 0 Å². The van der Waals surface area contributed by atoms with Crippen molar-refractivity contribution in [1.29, 1.82) is 0 Å². The molecule has 0 atom stereocenters. The minimum atomic E-state index is -0.139. The van der Waals surface area contributed by atoms with Gasteiger partial charge in [-0.15, -0.1) is 5.10 Å². The maximum absolute atomic E-state index is 11.9. The molecule has 8 nitrogen and oxygen atoms in total. The molecule has 0 saturated heterocycles. The third-order valence-electron chi connectivity index (χ3n) is 4.95. The Kier molecular flexibility index (Phi) is 3.75. The van der Waals surface area contributed by atoms with Crippen LogP contribution in [0.4, 0.5) is 5.95 Å². The number of pyridine rings is 1. The summed E-state index contributed by atoms with van der Waals surface area (Å²) in [7, 11) is 0. The number of hydrogen-bond acceptors (Lipinski definition) is 6. The first kappa shape index (κ1) is 16.4. The molecular formula is C20H17N7O. The van der Waals surface area contributed by atoms with Crippen molar-refractivity contribution in [3.8, 4) is 22.6 Å². The summed E-state index contributed by atoms with van der Waals surface area (Å²) in [5, 5.41) is 8.44. The number of aromatic amines is 1. The second kappa shape index (κ2) is 6.41. The van der Waals surface area contributed by atoms with Crippen LogP contribution in [0.2, 0.25) is 0 Å². The largest absolute Gasteiger partial charge is 0.368 e. The SMILES string of the molecule is Nc1nc(-c2cn(Cc3ccc[nH]c3=O)nn2)c2c(n1)-c1ccccc1CC2. The second-order valence-electron chi connectivity index (χ2n) is 6.74. The molecule has 0 bridgehead atoms. The van der Waals surface area contributed by atoms with Crippen LogP contribution in [0.1, 0.15) is 16.7 Å². The number of aryl methyl sites for hydroxylation is 1. The van der Waals surface area contributed by atoms with Gasteiger partial charge in [0.2, 0.25) is 5.95 Å². The number of nitrogens with one attached hydrogen (secondary N) is 1. The molecule has 0 unspecified atom stereocenters. The maximum atomic E-state index is 11.9. The van der Waals surface area contributed by atoms with Gasteiger partial charge in [-0.1, -0.05) is 35.5 Å². The fraction of sp³-hybridized carbons (Fsp3) is 0.150. The molecule has 8 heteroatoms. The van der Waals surface area contributed by atoms with E-state index in [4.69, 9.17) is 5.73 Å². The molecule has 3 aromatic heterocycles. The summed E-state index contributed by atoms with van der Waals surface area (Å²) < 4.78 is 1.63. The van der Waals surface area contributed by atoms with Crippen LogP contribution in [-0.2, 0) is 19.4 Å². The molecular weight excluding hydrogens is 354 g/mol. The van der Waals surface area contributed by atoms with Gasteiger partial charge in [-0.25, -0.2) is 14.6 Å². The minimum Gasteiger partial charge on any atom is -0.368 e. The topological polar surface area (TPSA) is 115 Å². The lowest BCUT2D eigenvalue weighted by molar-refractivity contribution is 0.645. The Labute approximate surface area is 160 Å². The molecule has 4 aromatic rings. The number of H-pyrrole nitrogens is 1. The highest BCUT2D eigenvalue weighted by atomic mass is 16.1. The van der Waals surface area contributed by atoms with E-state index < -0.39 is 0 Å². The number of aromatic nitrogens is 6. The van der Waals surface area contributed by atoms with Crippen molar-refractivity contribution in [2.75, 3.05) is 5.73 Å². The van der Waals surface area contributed by atoms with E-state index >= 15 is 0 Å². The Morgan fingerprint density at radius 1 is 1.07 bits per heavy atom. The average Bonchev–Trinajstić information content (AvgIpc) is 3.17. The smallest absolute Gasteiger partial charge is 0.253 e. The first-order valence-electron chi connectivity index (χ1n) is 9.01. The molecule has 0 fully saturated rings. The molecule has 0 radical (unpaired) electrons. The maximum Gasteiger partial charge on any atom is 0.253 e. The van der Waals surface area contributed by atoms with Crippen LogP contribution in [0.5, 0.6) is 0 Å². The molecule has 28 heavy (non-hydrogen) atoms. The highest BCUT2D eigenvalue weighted by Crippen LogP contribution is 2.36. The third-order valence-corrected chi connectivity index (χ3v) is 4.95. The molecule has 1 aliphatic rings. The van der Waals surface area contributed by atoms with Crippen molar-refractivity contribution < 1.29 is 0 Å². The summed E-state index contributed by atoms with van der Waals surface area (Å²) in [6.07, 6.45) is 5.12. The van der Waals surface area contributed by atoms with Gasteiger partial charge in [0.25, 0.3) is 5.56 Å². The van der Waals surface area contributed by atoms with E-state index in [-0.39, 0.29) is 11.5 Å². The Bertz CT molecular complexity index is 1240. The highest BCUT2D eigenvalue weighted by molar-refractivity contribution is 5.76. The van der Waals surface area contributed by atoms with Crippen LogP contribution >= 0.6 is 0 Å². The number of benzene rings is 1. The van der Waals surface area contributed by atoms with Crippen LogP contribution in [0.15, 0.2) is 53.6 Å². The van der Waals surface area contributed by atoms with E-state index in [1.165, 1.54) is 5.56 Å². The molecule has 1 aromatic carbocycles. The molecule has 0 amide bonds. The lowest BCUT2D eigenvalue weighted by Gasteiger charge is -2.20. The van der Waals surface area contributed by atoms with Gasteiger partial charge in [0, 0.05) is 22.9 Å². The van der Waals surface area contributed by atoms with Crippen LogP contribution in [-0.4, -0.2) is 29.9 Å². The molecule has 138 valence electrons. The fourth-order valence-electron chi connectivity index (χ4n) is 3.64. The highest BCUT2D eigenvalue weighted by Gasteiger charge is 2.23. The van der Waals surface area contributed by atoms with E-state index in [1.807, 2.05) is 12.1 Å². The Morgan fingerprint density at radius 3 is 2.82 bits per heavy atom. The van der Waals surface area contributed by atoms with Crippen LogP contribution in [0, 0.1) is 0 Å². The van der Waals surface area contributed by atoms with Crippen LogP contribution in [0.25, 0.3) is 22.6 Å². The molecule has 3 heterocycles. The number of nitrogen functional groups attached to an aromatic ring is 1.